The minimum atomic E-state index is -0.0298. The van der Waals surface area contributed by atoms with Crippen LogP contribution in [0.15, 0.2) is 24.3 Å². The molecule has 4 bridgehead atoms. The molecule has 2 N–H and O–H groups in total. The molecule has 3 nitrogen and oxygen atoms in total. The van der Waals surface area contributed by atoms with Gasteiger partial charge in [0.05, 0.1) is 0 Å². The molecule has 0 saturated heterocycles. The van der Waals surface area contributed by atoms with Crippen LogP contribution in [0.25, 0.3) is 0 Å². The van der Waals surface area contributed by atoms with Crippen molar-refractivity contribution < 1.29 is 4.79 Å². The zero-order chi connectivity index (χ0) is 16.6. The van der Waals surface area contributed by atoms with Crippen molar-refractivity contribution >= 4 is 17.6 Å². The van der Waals surface area contributed by atoms with Gasteiger partial charge >= 0.3 is 6.03 Å². The molecule has 4 fully saturated rings. The maximum Gasteiger partial charge on any atom is 0.314 e. The third-order valence-corrected chi connectivity index (χ3v) is 6.80. The van der Waals surface area contributed by atoms with Gasteiger partial charge in [-0.15, -0.1) is 0 Å². The van der Waals surface area contributed by atoms with Gasteiger partial charge in [-0.2, -0.15) is 0 Å². The van der Waals surface area contributed by atoms with Gasteiger partial charge in [-0.1, -0.05) is 29.8 Å². The molecule has 1 aromatic carbocycles. The highest BCUT2D eigenvalue weighted by molar-refractivity contribution is 6.31. The van der Waals surface area contributed by atoms with Crippen molar-refractivity contribution in [1.82, 2.24) is 10.6 Å². The van der Waals surface area contributed by atoms with E-state index < -0.39 is 0 Å². The fraction of sp³-hybridized carbons (Fsp3) is 0.650. The quantitative estimate of drug-likeness (QED) is 0.815. The average Bonchev–Trinajstić information content (AvgIpc) is 2.54. The van der Waals surface area contributed by atoms with Crippen LogP contribution in [0.2, 0.25) is 5.02 Å². The van der Waals surface area contributed by atoms with Crippen LogP contribution in [0.5, 0.6) is 0 Å². The van der Waals surface area contributed by atoms with Crippen molar-refractivity contribution in [3.63, 3.8) is 0 Å². The minimum absolute atomic E-state index is 0.0298. The Morgan fingerprint density at radius 2 is 1.67 bits per heavy atom. The first-order valence-electron chi connectivity index (χ1n) is 9.37. The number of rotatable bonds is 5. The number of hydrogen-bond donors (Lipinski definition) is 2. The van der Waals surface area contributed by atoms with E-state index in [9.17, 15) is 4.79 Å². The lowest BCUT2D eigenvalue weighted by atomic mass is 9.49. The van der Waals surface area contributed by atoms with Gasteiger partial charge in [0.1, 0.15) is 0 Å². The maximum atomic E-state index is 12.2. The standard InChI is InChI=1S/C20H27ClN2O/c21-18-4-2-1-3-17(18)5-6-22-19(24)23-13-20-10-14-7-15(11-20)9-16(8-14)12-20/h1-4,14-16H,5-13H2,(H2,22,23,24). The van der Waals surface area contributed by atoms with Crippen molar-refractivity contribution in [2.75, 3.05) is 13.1 Å². The van der Waals surface area contributed by atoms with Gasteiger partial charge in [-0.25, -0.2) is 4.79 Å². The summed E-state index contributed by atoms with van der Waals surface area (Å²) in [4.78, 5) is 12.2. The molecule has 0 heterocycles. The molecular formula is C20H27ClN2O. The summed E-state index contributed by atoms with van der Waals surface area (Å²) >= 11 is 6.15. The van der Waals surface area contributed by atoms with E-state index in [-0.39, 0.29) is 6.03 Å². The van der Waals surface area contributed by atoms with Crippen LogP contribution in [-0.2, 0) is 6.42 Å². The van der Waals surface area contributed by atoms with Crippen LogP contribution in [-0.4, -0.2) is 19.1 Å². The number of nitrogens with one attached hydrogen (secondary N) is 2. The van der Waals surface area contributed by atoms with Crippen molar-refractivity contribution in [3.05, 3.63) is 34.9 Å². The molecule has 130 valence electrons. The number of urea groups is 1. The van der Waals surface area contributed by atoms with Crippen LogP contribution in [0.4, 0.5) is 4.79 Å². The molecule has 2 amide bonds. The molecular weight excluding hydrogens is 320 g/mol. The number of carbonyl (C=O) groups excluding carboxylic acids is 1. The number of amides is 2. The monoisotopic (exact) mass is 346 g/mol. The van der Waals surface area contributed by atoms with E-state index >= 15 is 0 Å². The molecule has 4 aliphatic rings. The maximum absolute atomic E-state index is 12.2. The molecule has 0 aromatic heterocycles. The van der Waals surface area contributed by atoms with E-state index in [4.69, 9.17) is 11.6 Å². The van der Waals surface area contributed by atoms with Crippen LogP contribution >= 0.6 is 11.6 Å². The van der Waals surface area contributed by atoms with Gasteiger partial charge in [0.25, 0.3) is 0 Å². The predicted octanol–water partition coefficient (Wildman–Crippen LogP) is 4.40. The SMILES string of the molecule is O=C(NCCc1ccccc1Cl)NCC12CC3CC(CC(C3)C1)C2. The Balaban J connectivity index is 1.23. The summed E-state index contributed by atoms with van der Waals surface area (Å²) in [6.45, 7) is 1.48. The Morgan fingerprint density at radius 3 is 2.29 bits per heavy atom. The molecule has 24 heavy (non-hydrogen) atoms. The normalized spacial score (nSPS) is 33.5. The van der Waals surface area contributed by atoms with E-state index in [1.807, 2.05) is 24.3 Å². The summed E-state index contributed by atoms with van der Waals surface area (Å²) in [6, 6.07) is 7.78. The first-order chi connectivity index (χ1) is 11.6. The molecule has 4 saturated carbocycles. The van der Waals surface area contributed by atoms with Crippen LogP contribution < -0.4 is 10.6 Å². The van der Waals surface area contributed by atoms with E-state index in [0.717, 1.165) is 41.3 Å². The lowest BCUT2D eigenvalue weighted by Crippen LogP contribution is -2.52. The highest BCUT2D eigenvalue weighted by Crippen LogP contribution is 2.59. The Hall–Kier alpha value is -1.22. The lowest BCUT2D eigenvalue weighted by Gasteiger charge is -2.56. The third kappa shape index (κ3) is 3.42. The van der Waals surface area contributed by atoms with E-state index in [1.54, 1.807) is 0 Å². The van der Waals surface area contributed by atoms with Crippen molar-refractivity contribution in [3.8, 4) is 0 Å². The van der Waals surface area contributed by atoms with Gasteiger partial charge < -0.3 is 10.6 Å². The molecule has 0 unspecified atom stereocenters. The predicted molar refractivity (Wildman–Crippen MR) is 97.2 cm³/mol. The number of benzene rings is 1. The summed E-state index contributed by atoms with van der Waals surface area (Å²) < 4.78 is 0. The molecule has 4 aliphatic carbocycles. The summed E-state index contributed by atoms with van der Waals surface area (Å²) in [5, 5.41) is 6.91. The molecule has 0 radical (unpaired) electrons. The van der Waals surface area contributed by atoms with Crippen LogP contribution in [0.1, 0.15) is 44.1 Å². The van der Waals surface area contributed by atoms with Crippen molar-refractivity contribution in [1.29, 1.82) is 0 Å². The smallest absolute Gasteiger partial charge is 0.314 e. The molecule has 1 aromatic rings. The topological polar surface area (TPSA) is 41.1 Å². The minimum Gasteiger partial charge on any atom is -0.338 e. The average molecular weight is 347 g/mol. The molecule has 4 heteroatoms. The molecule has 0 spiro atoms. The molecule has 0 atom stereocenters. The summed E-state index contributed by atoms with van der Waals surface area (Å²) in [5.74, 6) is 2.80. The zero-order valence-electron chi connectivity index (χ0n) is 14.2. The van der Waals surface area contributed by atoms with Crippen molar-refractivity contribution in [2.24, 2.45) is 23.2 Å². The van der Waals surface area contributed by atoms with E-state index in [2.05, 4.69) is 10.6 Å². The summed E-state index contributed by atoms with van der Waals surface area (Å²) in [5.41, 5.74) is 1.48. The van der Waals surface area contributed by atoms with E-state index in [0.29, 0.717) is 12.0 Å². The summed E-state index contributed by atoms with van der Waals surface area (Å²) in [7, 11) is 0. The first-order valence-corrected chi connectivity index (χ1v) is 9.75. The fourth-order valence-corrected chi connectivity index (χ4v) is 6.08. The van der Waals surface area contributed by atoms with Crippen LogP contribution in [0.3, 0.4) is 0 Å². The second-order valence-corrected chi connectivity index (χ2v) is 8.78. The molecule has 0 aliphatic heterocycles. The number of halogens is 1. The lowest BCUT2D eigenvalue weighted by molar-refractivity contribution is -0.0498. The second kappa shape index (κ2) is 6.59. The second-order valence-electron chi connectivity index (χ2n) is 8.37. The molecule has 5 rings (SSSR count). The largest absolute Gasteiger partial charge is 0.338 e. The van der Waals surface area contributed by atoms with Gasteiger partial charge in [-0.3, -0.25) is 0 Å². The van der Waals surface area contributed by atoms with E-state index in [1.165, 1.54) is 38.5 Å². The Kier molecular flexibility index (Phi) is 4.46. The Morgan fingerprint density at radius 1 is 1.04 bits per heavy atom. The number of carbonyl (C=O) groups is 1. The van der Waals surface area contributed by atoms with Gasteiger partial charge in [-0.05, 0) is 79.7 Å². The Labute approximate surface area is 149 Å². The van der Waals surface area contributed by atoms with Crippen molar-refractivity contribution in [2.45, 2.75) is 44.9 Å². The van der Waals surface area contributed by atoms with Crippen LogP contribution in [0, 0.1) is 23.2 Å². The highest BCUT2D eigenvalue weighted by Gasteiger charge is 2.50. The number of hydrogen-bond acceptors (Lipinski definition) is 1. The Bertz CT molecular complexity index is 580. The zero-order valence-corrected chi connectivity index (χ0v) is 14.9. The van der Waals surface area contributed by atoms with Gasteiger partial charge in [0, 0.05) is 18.1 Å². The fourth-order valence-electron chi connectivity index (χ4n) is 5.85. The third-order valence-electron chi connectivity index (χ3n) is 6.43. The van der Waals surface area contributed by atoms with Gasteiger partial charge in [0.2, 0.25) is 0 Å². The first kappa shape index (κ1) is 16.3. The summed E-state index contributed by atoms with van der Waals surface area (Å²) in [6.07, 6.45) is 9.11. The van der Waals surface area contributed by atoms with Gasteiger partial charge in [0.15, 0.2) is 0 Å². The highest BCUT2D eigenvalue weighted by atomic mass is 35.5.